The van der Waals surface area contributed by atoms with Crippen molar-refractivity contribution >= 4 is 6.03 Å². The highest BCUT2D eigenvalue weighted by Crippen LogP contribution is 2.24. The summed E-state index contributed by atoms with van der Waals surface area (Å²) in [7, 11) is 1.78. The molecule has 0 spiro atoms. The fraction of sp³-hybridized carbons (Fsp3) is 0.500. The van der Waals surface area contributed by atoms with Crippen molar-refractivity contribution in [2.75, 3.05) is 13.6 Å². The quantitative estimate of drug-likeness (QED) is 0.869. The lowest BCUT2D eigenvalue weighted by Crippen LogP contribution is -2.42. The minimum Gasteiger partial charge on any atom is -0.393 e. The first-order valence-corrected chi connectivity index (χ1v) is 8.74. The predicted octanol–water partition coefficient (Wildman–Crippen LogP) is 1.96. The molecule has 1 aliphatic rings. The number of imidazole rings is 1. The van der Waals surface area contributed by atoms with Gasteiger partial charge < -0.3 is 15.3 Å². The Kier molecular flexibility index (Phi) is 5.65. The summed E-state index contributed by atoms with van der Waals surface area (Å²) >= 11 is 0. The van der Waals surface area contributed by atoms with Crippen LogP contribution in [0.1, 0.15) is 31.2 Å². The molecule has 1 saturated carbocycles. The predicted molar refractivity (Wildman–Crippen MR) is 94.2 cm³/mol. The van der Waals surface area contributed by atoms with Crippen LogP contribution in [-0.4, -0.2) is 50.3 Å². The molecular formula is C18H25N5O2. The van der Waals surface area contributed by atoms with Gasteiger partial charge in [0.1, 0.15) is 12.1 Å². The van der Waals surface area contributed by atoms with Gasteiger partial charge in [-0.2, -0.15) is 0 Å². The summed E-state index contributed by atoms with van der Waals surface area (Å²) in [6.07, 6.45) is 10.7. The van der Waals surface area contributed by atoms with Crippen molar-refractivity contribution in [1.82, 2.24) is 24.8 Å². The Balaban J connectivity index is 1.52. The molecule has 7 heteroatoms. The summed E-state index contributed by atoms with van der Waals surface area (Å²) in [6, 6.07) is 3.68. The third kappa shape index (κ3) is 4.57. The first kappa shape index (κ1) is 17.4. The summed E-state index contributed by atoms with van der Waals surface area (Å²) in [5.74, 6) is 0.946. The number of hydrogen-bond donors (Lipinski definition) is 2. The minimum absolute atomic E-state index is 0.126. The van der Waals surface area contributed by atoms with E-state index in [9.17, 15) is 9.90 Å². The molecule has 2 aromatic rings. The number of nitrogens with one attached hydrogen (secondary N) is 1. The fourth-order valence-corrected chi connectivity index (χ4v) is 3.25. The van der Waals surface area contributed by atoms with E-state index in [1.807, 2.05) is 22.9 Å². The Bertz CT molecular complexity index is 689. The molecule has 0 bridgehead atoms. The molecule has 1 aliphatic carbocycles. The largest absolute Gasteiger partial charge is 0.393 e. The number of hydrogen-bond acceptors (Lipinski definition) is 4. The maximum absolute atomic E-state index is 12.3. The molecule has 0 saturated heterocycles. The average molecular weight is 343 g/mol. The topological polar surface area (TPSA) is 83.3 Å². The second-order valence-corrected chi connectivity index (χ2v) is 6.64. The normalized spacial score (nSPS) is 20.2. The van der Waals surface area contributed by atoms with Crippen LogP contribution in [0.3, 0.4) is 0 Å². The van der Waals surface area contributed by atoms with E-state index < -0.39 is 0 Å². The summed E-state index contributed by atoms with van der Waals surface area (Å²) < 4.78 is 1.82. The van der Waals surface area contributed by atoms with Gasteiger partial charge in [-0.25, -0.2) is 14.8 Å². The van der Waals surface area contributed by atoms with E-state index >= 15 is 0 Å². The maximum Gasteiger partial charge on any atom is 0.317 e. The van der Waals surface area contributed by atoms with E-state index in [0.717, 1.165) is 37.1 Å². The lowest BCUT2D eigenvalue weighted by Gasteiger charge is -2.31. The summed E-state index contributed by atoms with van der Waals surface area (Å²) in [5.41, 5.74) is 0.971. The highest BCUT2D eigenvalue weighted by atomic mass is 16.3. The Hall–Kier alpha value is -2.41. The van der Waals surface area contributed by atoms with Crippen molar-refractivity contribution in [1.29, 1.82) is 0 Å². The van der Waals surface area contributed by atoms with Gasteiger partial charge in [0, 0.05) is 44.6 Å². The zero-order chi connectivity index (χ0) is 17.6. The Morgan fingerprint density at radius 2 is 2.24 bits per heavy atom. The van der Waals surface area contributed by atoms with Gasteiger partial charge in [0.2, 0.25) is 0 Å². The zero-order valence-electron chi connectivity index (χ0n) is 14.5. The molecule has 3 rings (SSSR count). The molecule has 2 aromatic heterocycles. The van der Waals surface area contributed by atoms with Gasteiger partial charge in [-0.05, 0) is 30.5 Å². The van der Waals surface area contributed by atoms with E-state index in [1.165, 1.54) is 0 Å². The first-order chi connectivity index (χ1) is 12.1. The van der Waals surface area contributed by atoms with E-state index in [2.05, 4.69) is 15.3 Å². The lowest BCUT2D eigenvalue weighted by molar-refractivity contribution is 0.0565. The number of amides is 2. The number of rotatable bonds is 5. The minimum atomic E-state index is -0.290. The van der Waals surface area contributed by atoms with Crippen molar-refractivity contribution in [3.05, 3.63) is 42.6 Å². The van der Waals surface area contributed by atoms with Crippen LogP contribution in [0.2, 0.25) is 0 Å². The lowest BCUT2D eigenvalue weighted by atomic mass is 9.86. The van der Waals surface area contributed by atoms with Gasteiger partial charge in [0.05, 0.1) is 6.10 Å². The second-order valence-electron chi connectivity index (χ2n) is 6.64. The van der Waals surface area contributed by atoms with Crippen molar-refractivity contribution in [2.45, 2.75) is 38.3 Å². The molecular weight excluding hydrogens is 318 g/mol. The molecule has 2 unspecified atom stereocenters. The summed E-state index contributed by atoms with van der Waals surface area (Å²) in [6.45, 7) is 1.02. The number of carbonyl (C=O) groups is 1. The van der Waals surface area contributed by atoms with E-state index in [0.29, 0.717) is 13.1 Å². The van der Waals surface area contributed by atoms with Gasteiger partial charge in [-0.1, -0.05) is 12.8 Å². The molecule has 2 amide bonds. The number of urea groups is 1. The number of aliphatic hydroxyl groups excluding tert-OH is 1. The standard InChI is InChI=1S/C18H25N5O2/c1-22(12-15-4-2-3-5-16(15)24)18(25)21-11-14-6-7-20-17(10-14)23-9-8-19-13-23/h6-10,13,15-16,24H,2-5,11-12H2,1H3,(H,21,25). The number of nitrogens with zero attached hydrogens (tertiary/aromatic N) is 4. The Morgan fingerprint density at radius 1 is 1.40 bits per heavy atom. The van der Waals surface area contributed by atoms with Crippen LogP contribution in [0, 0.1) is 5.92 Å². The van der Waals surface area contributed by atoms with E-state index in [1.54, 1.807) is 30.7 Å². The number of carbonyl (C=O) groups excluding carboxylic acids is 1. The number of aromatic nitrogens is 3. The highest BCUT2D eigenvalue weighted by Gasteiger charge is 2.25. The Morgan fingerprint density at radius 3 is 3.00 bits per heavy atom. The summed E-state index contributed by atoms with van der Waals surface area (Å²) in [4.78, 5) is 22.3. The molecule has 134 valence electrons. The zero-order valence-corrected chi connectivity index (χ0v) is 14.5. The van der Waals surface area contributed by atoms with Crippen molar-refractivity contribution in [3.8, 4) is 5.82 Å². The van der Waals surface area contributed by atoms with Gasteiger partial charge in [0.15, 0.2) is 0 Å². The van der Waals surface area contributed by atoms with Crippen molar-refractivity contribution in [2.24, 2.45) is 5.92 Å². The molecule has 2 heterocycles. The maximum atomic E-state index is 12.3. The third-order valence-corrected chi connectivity index (χ3v) is 4.75. The van der Waals surface area contributed by atoms with Crippen LogP contribution in [0.25, 0.3) is 5.82 Å². The van der Waals surface area contributed by atoms with Gasteiger partial charge in [-0.3, -0.25) is 4.57 Å². The van der Waals surface area contributed by atoms with E-state index in [-0.39, 0.29) is 18.1 Å². The summed E-state index contributed by atoms with van der Waals surface area (Å²) in [5, 5.41) is 13.0. The molecule has 2 atom stereocenters. The van der Waals surface area contributed by atoms with Crippen LogP contribution in [0.4, 0.5) is 4.79 Å². The smallest absolute Gasteiger partial charge is 0.317 e. The van der Waals surface area contributed by atoms with Gasteiger partial charge >= 0.3 is 6.03 Å². The molecule has 0 aromatic carbocycles. The van der Waals surface area contributed by atoms with Crippen molar-refractivity contribution in [3.63, 3.8) is 0 Å². The molecule has 2 N–H and O–H groups in total. The highest BCUT2D eigenvalue weighted by molar-refractivity contribution is 5.73. The van der Waals surface area contributed by atoms with Crippen LogP contribution in [0.5, 0.6) is 0 Å². The van der Waals surface area contributed by atoms with Gasteiger partial charge in [-0.15, -0.1) is 0 Å². The van der Waals surface area contributed by atoms with Crippen molar-refractivity contribution < 1.29 is 9.90 Å². The monoisotopic (exact) mass is 343 g/mol. The SMILES string of the molecule is CN(CC1CCCCC1O)C(=O)NCc1ccnc(-n2ccnc2)c1. The molecule has 0 aliphatic heterocycles. The third-order valence-electron chi connectivity index (χ3n) is 4.75. The van der Waals surface area contributed by atoms with Crippen LogP contribution in [-0.2, 0) is 6.54 Å². The second kappa shape index (κ2) is 8.11. The molecule has 1 fully saturated rings. The number of pyridine rings is 1. The first-order valence-electron chi connectivity index (χ1n) is 8.74. The Labute approximate surface area is 147 Å². The van der Waals surface area contributed by atoms with Crippen LogP contribution < -0.4 is 5.32 Å². The van der Waals surface area contributed by atoms with Crippen LogP contribution >= 0.6 is 0 Å². The molecule has 7 nitrogen and oxygen atoms in total. The molecule has 25 heavy (non-hydrogen) atoms. The number of aliphatic hydroxyl groups is 1. The average Bonchev–Trinajstić information content (AvgIpc) is 3.16. The van der Waals surface area contributed by atoms with E-state index in [4.69, 9.17) is 0 Å². The fourth-order valence-electron chi connectivity index (χ4n) is 3.25. The molecule has 0 radical (unpaired) electrons. The van der Waals surface area contributed by atoms with Crippen LogP contribution in [0.15, 0.2) is 37.1 Å². The van der Waals surface area contributed by atoms with Gasteiger partial charge in [0.25, 0.3) is 0 Å².